The second kappa shape index (κ2) is 8.98. The fourth-order valence-electron chi connectivity index (χ4n) is 2.13. The van der Waals surface area contributed by atoms with Gasteiger partial charge in [-0.05, 0) is 11.1 Å². The molecule has 2 aromatic carbocycles. The van der Waals surface area contributed by atoms with Gasteiger partial charge in [-0.3, -0.25) is 0 Å². The standard InChI is InChI=1S/C20H22O2/c1-3-19(21-15-17-11-7-5-8-12-17)20(4-2)22-16-18-13-9-6-10-14-18/h3-14,19-20H,1-2,15-16H2/t19-,20-/m1/s1. The predicted molar refractivity (Wildman–Crippen MR) is 90.4 cm³/mol. The number of ether oxygens (including phenoxy) is 2. The van der Waals surface area contributed by atoms with Crippen LogP contribution in [0.1, 0.15) is 11.1 Å². The van der Waals surface area contributed by atoms with Gasteiger partial charge < -0.3 is 9.47 Å². The lowest BCUT2D eigenvalue weighted by atomic mass is 10.2. The smallest absolute Gasteiger partial charge is 0.106 e. The fourth-order valence-corrected chi connectivity index (χ4v) is 2.13. The van der Waals surface area contributed by atoms with Crippen molar-refractivity contribution in [1.29, 1.82) is 0 Å². The Morgan fingerprint density at radius 3 is 1.36 bits per heavy atom. The van der Waals surface area contributed by atoms with E-state index in [1.54, 1.807) is 12.2 Å². The van der Waals surface area contributed by atoms with Crippen LogP contribution in [0.3, 0.4) is 0 Å². The van der Waals surface area contributed by atoms with Crippen LogP contribution in [0.15, 0.2) is 86.0 Å². The van der Waals surface area contributed by atoms with Crippen molar-refractivity contribution >= 4 is 0 Å². The van der Waals surface area contributed by atoms with Gasteiger partial charge in [0.1, 0.15) is 12.2 Å². The van der Waals surface area contributed by atoms with Crippen LogP contribution in [0.4, 0.5) is 0 Å². The molecule has 0 aromatic heterocycles. The van der Waals surface area contributed by atoms with Gasteiger partial charge in [0.25, 0.3) is 0 Å². The first kappa shape index (κ1) is 16.2. The molecule has 0 aliphatic rings. The number of hydrogen-bond donors (Lipinski definition) is 0. The van der Waals surface area contributed by atoms with Crippen molar-refractivity contribution in [2.75, 3.05) is 0 Å². The second-order valence-corrected chi connectivity index (χ2v) is 4.99. The molecule has 0 radical (unpaired) electrons. The number of hydrogen-bond acceptors (Lipinski definition) is 2. The van der Waals surface area contributed by atoms with Crippen molar-refractivity contribution in [1.82, 2.24) is 0 Å². The lowest BCUT2D eigenvalue weighted by molar-refractivity contribution is -0.0418. The zero-order chi connectivity index (χ0) is 15.6. The van der Waals surface area contributed by atoms with Crippen LogP contribution in [-0.4, -0.2) is 12.2 Å². The van der Waals surface area contributed by atoms with Gasteiger partial charge in [-0.15, -0.1) is 13.2 Å². The summed E-state index contributed by atoms with van der Waals surface area (Å²) in [5.74, 6) is 0. The molecule has 2 aromatic rings. The Hall–Kier alpha value is -2.16. The number of benzene rings is 2. The molecule has 0 saturated carbocycles. The molecule has 0 bridgehead atoms. The summed E-state index contributed by atoms with van der Waals surface area (Å²) >= 11 is 0. The highest BCUT2D eigenvalue weighted by atomic mass is 16.5. The summed E-state index contributed by atoms with van der Waals surface area (Å²) in [6.07, 6.45) is 3.09. The first-order valence-electron chi connectivity index (χ1n) is 7.39. The van der Waals surface area contributed by atoms with Crippen LogP contribution in [0.5, 0.6) is 0 Å². The van der Waals surface area contributed by atoms with Crippen molar-refractivity contribution in [3.8, 4) is 0 Å². The molecule has 0 aliphatic heterocycles. The van der Waals surface area contributed by atoms with Gasteiger partial charge in [0, 0.05) is 0 Å². The minimum atomic E-state index is -0.221. The molecule has 0 saturated heterocycles. The van der Waals surface area contributed by atoms with Gasteiger partial charge >= 0.3 is 0 Å². The van der Waals surface area contributed by atoms with Crippen molar-refractivity contribution in [3.05, 3.63) is 97.1 Å². The largest absolute Gasteiger partial charge is 0.366 e. The highest BCUT2D eigenvalue weighted by Gasteiger charge is 2.17. The van der Waals surface area contributed by atoms with Crippen LogP contribution in [0.2, 0.25) is 0 Å². The third-order valence-electron chi connectivity index (χ3n) is 3.36. The van der Waals surface area contributed by atoms with Gasteiger partial charge in [0.2, 0.25) is 0 Å². The topological polar surface area (TPSA) is 18.5 Å². The van der Waals surface area contributed by atoms with E-state index in [0.717, 1.165) is 11.1 Å². The molecule has 0 N–H and O–H groups in total. The van der Waals surface area contributed by atoms with E-state index in [1.807, 2.05) is 60.7 Å². The van der Waals surface area contributed by atoms with Crippen molar-refractivity contribution < 1.29 is 9.47 Å². The summed E-state index contributed by atoms with van der Waals surface area (Å²) in [5.41, 5.74) is 2.25. The SMILES string of the molecule is C=C[C@@H](OCc1ccccc1)[C@@H](C=C)OCc1ccccc1. The molecule has 2 heteroatoms. The average molecular weight is 294 g/mol. The van der Waals surface area contributed by atoms with Crippen molar-refractivity contribution in [2.24, 2.45) is 0 Å². The van der Waals surface area contributed by atoms with Crippen LogP contribution in [0.25, 0.3) is 0 Å². The van der Waals surface area contributed by atoms with Gasteiger partial charge in [0.15, 0.2) is 0 Å². The molecular weight excluding hydrogens is 272 g/mol. The van der Waals surface area contributed by atoms with Gasteiger partial charge in [-0.25, -0.2) is 0 Å². The molecule has 2 rings (SSSR count). The average Bonchev–Trinajstić information content (AvgIpc) is 2.59. The Kier molecular flexibility index (Phi) is 6.62. The summed E-state index contributed by atoms with van der Waals surface area (Å²) in [6, 6.07) is 20.1. The Bertz CT molecular complexity index is 509. The molecule has 22 heavy (non-hydrogen) atoms. The molecule has 0 aliphatic carbocycles. The zero-order valence-corrected chi connectivity index (χ0v) is 12.7. The minimum absolute atomic E-state index is 0.221. The van der Waals surface area contributed by atoms with Crippen molar-refractivity contribution in [3.63, 3.8) is 0 Å². The van der Waals surface area contributed by atoms with Crippen molar-refractivity contribution in [2.45, 2.75) is 25.4 Å². The summed E-state index contributed by atoms with van der Waals surface area (Å²) in [6.45, 7) is 8.74. The third kappa shape index (κ3) is 4.99. The molecule has 0 spiro atoms. The van der Waals surface area contributed by atoms with Crippen LogP contribution < -0.4 is 0 Å². The van der Waals surface area contributed by atoms with E-state index >= 15 is 0 Å². The van der Waals surface area contributed by atoms with E-state index < -0.39 is 0 Å². The highest BCUT2D eigenvalue weighted by molar-refractivity contribution is 5.14. The lowest BCUT2D eigenvalue weighted by Gasteiger charge is -2.22. The Balaban J connectivity index is 1.89. The monoisotopic (exact) mass is 294 g/mol. The Labute approximate surface area is 132 Å². The summed E-state index contributed by atoms with van der Waals surface area (Å²) in [7, 11) is 0. The highest BCUT2D eigenvalue weighted by Crippen LogP contribution is 2.13. The summed E-state index contributed by atoms with van der Waals surface area (Å²) in [5, 5.41) is 0. The molecule has 0 heterocycles. The van der Waals surface area contributed by atoms with Crippen LogP contribution in [-0.2, 0) is 22.7 Å². The normalized spacial score (nSPS) is 13.3. The van der Waals surface area contributed by atoms with Gasteiger partial charge in [-0.1, -0.05) is 72.8 Å². The molecule has 114 valence electrons. The molecule has 2 nitrogen and oxygen atoms in total. The fraction of sp³-hybridized carbons (Fsp3) is 0.200. The lowest BCUT2D eigenvalue weighted by Crippen LogP contribution is -2.28. The maximum atomic E-state index is 5.90. The first-order valence-corrected chi connectivity index (χ1v) is 7.39. The molecular formula is C20H22O2. The second-order valence-electron chi connectivity index (χ2n) is 4.99. The summed E-state index contributed by atoms with van der Waals surface area (Å²) in [4.78, 5) is 0. The maximum absolute atomic E-state index is 5.90. The van der Waals surface area contributed by atoms with Gasteiger partial charge in [-0.2, -0.15) is 0 Å². The Morgan fingerprint density at radius 1 is 0.682 bits per heavy atom. The first-order chi connectivity index (χ1) is 10.8. The van der Waals surface area contributed by atoms with Gasteiger partial charge in [0.05, 0.1) is 13.2 Å². The molecule has 0 amide bonds. The third-order valence-corrected chi connectivity index (χ3v) is 3.36. The minimum Gasteiger partial charge on any atom is -0.366 e. The zero-order valence-electron chi connectivity index (χ0n) is 12.7. The van der Waals surface area contributed by atoms with E-state index in [9.17, 15) is 0 Å². The number of rotatable bonds is 9. The summed E-state index contributed by atoms with van der Waals surface area (Å²) < 4.78 is 11.8. The van der Waals surface area contributed by atoms with Crippen LogP contribution >= 0.6 is 0 Å². The quantitative estimate of drug-likeness (QED) is 0.633. The van der Waals surface area contributed by atoms with E-state index in [0.29, 0.717) is 13.2 Å². The molecule has 2 atom stereocenters. The Morgan fingerprint density at radius 2 is 1.05 bits per heavy atom. The van der Waals surface area contributed by atoms with Crippen LogP contribution in [0, 0.1) is 0 Å². The van der Waals surface area contributed by atoms with E-state index in [4.69, 9.17) is 9.47 Å². The van der Waals surface area contributed by atoms with E-state index in [-0.39, 0.29) is 12.2 Å². The molecule has 0 unspecified atom stereocenters. The van der Waals surface area contributed by atoms with E-state index in [2.05, 4.69) is 13.2 Å². The molecule has 0 fully saturated rings. The van der Waals surface area contributed by atoms with E-state index in [1.165, 1.54) is 0 Å². The predicted octanol–water partition coefficient (Wildman–Crippen LogP) is 4.53. The maximum Gasteiger partial charge on any atom is 0.106 e.